The van der Waals surface area contributed by atoms with E-state index in [0.29, 0.717) is 31.7 Å². The maximum atomic E-state index is 14.7. The lowest BCUT2D eigenvalue weighted by Crippen LogP contribution is -2.57. The van der Waals surface area contributed by atoms with Crippen LogP contribution in [-0.2, 0) is 11.8 Å². The zero-order valence-electron chi connectivity index (χ0n) is 26.6. The summed E-state index contributed by atoms with van der Waals surface area (Å²) in [6.07, 6.45) is 0.750. The number of aromatic nitrogens is 1. The average molecular weight is 615 g/mol. The molecule has 3 heterocycles. The van der Waals surface area contributed by atoms with E-state index in [1.165, 1.54) is 12.1 Å². The molecule has 0 N–H and O–H groups in total. The van der Waals surface area contributed by atoms with Crippen LogP contribution in [0.1, 0.15) is 47.8 Å². The van der Waals surface area contributed by atoms with Crippen molar-refractivity contribution in [2.24, 2.45) is 13.0 Å². The van der Waals surface area contributed by atoms with Crippen LogP contribution in [0.25, 0.3) is 22.2 Å². The highest BCUT2D eigenvalue weighted by atomic mass is 19.1. The van der Waals surface area contributed by atoms with E-state index in [9.17, 15) is 14.0 Å². The van der Waals surface area contributed by atoms with Crippen molar-refractivity contribution in [1.82, 2.24) is 14.4 Å². The first-order valence-electron chi connectivity index (χ1n) is 16.2. The molecule has 6 nitrogen and oxygen atoms in total. The highest BCUT2D eigenvalue weighted by molar-refractivity contribution is 6.04. The molecule has 3 atom stereocenters. The second kappa shape index (κ2) is 12.1. The van der Waals surface area contributed by atoms with Gasteiger partial charge >= 0.3 is 0 Å². The van der Waals surface area contributed by atoms with Gasteiger partial charge in [-0.2, -0.15) is 0 Å². The molecular formula is C39H39FN4O2. The Labute approximate surface area is 269 Å². The van der Waals surface area contributed by atoms with Crippen molar-refractivity contribution >= 4 is 28.4 Å². The van der Waals surface area contributed by atoms with Gasteiger partial charge in [-0.1, -0.05) is 87.0 Å². The number of hydrogen-bond donors (Lipinski definition) is 0. The number of halogens is 1. The number of benzene rings is 4. The van der Waals surface area contributed by atoms with E-state index < -0.39 is 12.1 Å². The van der Waals surface area contributed by atoms with E-state index >= 15 is 0 Å². The predicted molar refractivity (Wildman–Crippen MR) is 181 cm³/mol. The average Bonchev–Trinajstić information content (AvgIpc) is 3.55. The van der Waals surface area contributed by atoms with Crippen LogP contribution >= 0.6 is 0 Å². The summed E-state index contributed by atoms with van der Waals surface area (Å²) < 4.78 is 15.8. The molecule has 46 heavy (non-hydrogen) atoms. The number of anilines is 1. The number of aryl methyl sites for hydroxylation is 1. The van der Waals surface area contributed by atoms with Gasteiger partial charge in [0, 0.05) is 60.9 Å². The van der Waals surface area contributed by atoms with E-state index in [2.05, 4.69) is 54.6 Å². The van der Waals surface area contributed by atoms with Crippen LogP contribution < -0.4 is 4.90 Å². The molecule has 3 unspecified atom stereocenters. The predicted octanol–water partition coefficient (Wildman–Crippen LogP) is 7.29. The number of hydrogen-bond acceptors (Lipinski definition) is 3. The first-order chi connectivity index (χ1) is 22.4. The second-order valence-corrected chi connectivity index (χ2v) is 12.5. The minimum Gasteiger partial charge on any atom is -0.368 e. The number of carbonyl (C=O) groups is 2. The Bertz CT molecular complexity index is 1890. The van der Waals surface area contributed by atoms with Crippen LogP contribution in [0.4, 0.5) is 10.1 Å². The van der Waals surface area contributed by atoms with Gasteiger partial charge in [0.2, 0.25) is 5.91 Å². The molecule has 7 heteroatoms. The molecule has 5 aromatic rings. The van der Waals surface area contributed by atoms with E-state index in [4.69, 9.17) is 0 Å². The van der Waals surface area contributed by atoms with E-state index in [0.717, 1.165) is 45.4 Å². The fourth-order valence-corrected chi connectivity index (χ4v) is 7.45. The standard InChI is InChI=1S/C39H39FN4O2/c1-4-26(2)35(39(46)43-24-22-42(23-25-43)29-20-18-28(40)19-21-29)44-37(30-14-8-9-15-31(30)38(44)45)34-32-16-10-11-17-33(32)41(3)36(34)27-12-6-5-7-13-27/h5-21,26,35,37H,4,22-25H2,1-3H3. The van der Waals surface area contributed by atoms with Gasteiger partial charge in [0.05, 0.1) is 11.7 Å². The quantitative estimate of drug-likeness (QED) is 0.193. The molecule has 1 aromatic heterocycles. The lowest BCUT2D eigenvalue weighted by Gasteiger charge is -2.42. The fraction of sp³-hybridized carbons (Fsp3) is 0.282. The molecule has 0 aliphatic carbocycles. The molecule has 7 rings (SSSR count). The molecule has 2 aliphatic heterocycles. The Morgan fingerprint density at radius 2 is 1.50 bits per heavy atom. The summed E-state index contributed by atoms with van der Waals surface area (Å²) in [4.78, 5) is 35.3. The number of para-hydroxylation sites is 1. The van der Waals surface area contributed by atoms with Crippen molar-refractivity contribution in [2.75, 3.05) is 31.1 Å². The van der Waals surface area contributed by atoms with Crippen molar-refractivity contribution < 1.29 is 14.0 Å². The van der Waals surface area contributed by atoms with Gasteiger partial charge in [-0.15, -0.1) is 0 Å². The molecule has 1 fully saturated rings. The highest BCUT2D eigenvalue weighted by Crippen LogP contribution is 2.48. The van der Waals surface area contributed by atoms with Crippen LogP contribution in [0, 0.1) is 11.7 Å². The van der Waals surface area contributed by atoms with E-state index in [-0.39, 0.29) is 23.5 Å². The molecule has 1 saturated heterocycles. The molecule has 2 amide bonds. The maximum absolute atomic E-state index is 14.7. The highest BCUT2D eigenvalue weighted by Gasteiger charge is 2.48. The molecule has 0 saturated carbocycles. The number of amides is 2. The van der Waals surface area contributed by atoms with Gasteiger partial charge in [0.1, 0.15) is 11.9 Å². The minimum absolute atomic E-state index is 0.0132. The van der Waals surface area contributed by atoms with Gasteiger partial charge in [0.15, 0.2) is 0 Å². The molecule has 0 spiro atoms. The third-order valence-electron chi connectivity index (χ3n) is 9.98. The van der Waals surface area contributed by atoms with Crippen molar-refractivity contribution in [3.63, 3.8) is 0 Å². The van der Waals surface area contributed by atoms with Gasteiger partial charge in [-0.05, 0) is 53.4 Å². The van der Waals surface area contributed by atoms with E-state index in [1.807, 2.05) is 64.4 Å². The lowest BCUT2D eigenvalue weighted by molar-refractivity contribution is -0.138. The summed E-state index contributed by atoms with van der Waals surface area (Å²) in [5, 5.41) is 1.08. The number of fused-ring (bicyclic) bond motifs is 2. The number of piperazine rings is 1. The Morgan fingerprint density at radius 1 is 0.848 bits per heavy atom. The Balaban J connectivity index is 1.33. The van der Waals surface area contributed by atoms with Crippen molar-refractivity contribution in [3.05, 3.63) is 126 Å². The minimum atomic E-state index is -0.644. The first-order valence-corrected chi connectivity index (χ1v) is 16.2. The Hall–Kier alpha value is -4.91. The van der Waals surface area contributed by atoms with Crippen LogP contribution in [-0.4, -0.2) is 58.4 Å². The molecule has 234 valence electrons. The number of rotatable bonds is 7. The maximum Gasteiger partial charge on any atom is 0.255 e. The molecule has 0 bridgehead atoms. The smallest absolute Gasteiger partial charge is 0.255 e. The summed E-state index contributed by atoms with van der Waals surface area (Å²) in [5.74, 6) is -0.447. The van der Waals surface area contributed by atoms with Crippen molar-refractivity contribution in [3.8, 4) is 11.3 Å². The fourth-order valence-electron chi connectivity index (χ4n) is 7.45. The molecule has 2 aliphatic rings. The van der Waals surface area contributed by atoms with Crippen LogP contribution in [0.3, 0.4) is 0 Å². The zero-order valence-corrected chi connectivity index (χ0v) is 26.6. The monoisotopic (exact) mass is 614 g/mol. The number of carbonyl (C=O) groups excluding carboxylic acids is 2. The lowest BCUT2D eigenvalue weighted by atomic mass is 9.90. The summed E-state index contributed by atoms with van der Waals surface area (Å²) in [6.45, 7) is 6.53. The van der Waals surface area contributed by atoms with Crippen LogP contribution in [0.15, 0.2) is 103 Å². The third kappa shape index (κ3) is 4.95. The number of nitrogens with zero attached hydrogens (tertiary/aromatic N) is 4. The third-order valence-corrected chi connectivity index (χ3v) is 9.98. The molecule has 0 radical (unpaired) electrons. The van der Waals surface area contributed by atoms with E-state index in [1.54, 1.807) is 12.1 Å². The first kappa shape index (κ1) is 29.8. The summed E-state index contributed by atoms with van der Waals surface area (Å²) >= 11 is 0. The van der Waals surface area contributed by atoms with Gasteiger partial charge in [-0.25, -0.2) is 4.39 Å². The SMILES string of the molecule is CCC(C)C(C(=O)N1CCN(c2ccc(F)cc2)CC1)N1C(=O)c2ccccc2C1c1c(-c2ccccc2)n(C)c2ccccc12. The van der Waals surface area contributed by atoms with Crippen LogP contribution in [0.5, 0.6) is 0 Å². The largest absolute Gasteiger partial charge is 0.368 e. The van der Waals surface area contributed by atoms with Crippen LogP contribution in [0.2, 0.25) is 0 Å². The zero-order chi connectivity index (χ0) is 31.9. The summed E-state index contributed by atoms with van der Waals surface area (Å²) in [6, 6.07) is 32.0. The van der Waals surface area contributed by atoms with Gasteiger partial charge in [-0.3, -0.25) is 9.59 Å². The van der Waals surface area contributed by atoms with Crippen molar-refractivity contribution in [2.45, 2.75) is 32.4 Å². The van der Waals surface area contributed by atoms with Crippen molar-refractivity contribution in [1.29, 1.82) is 0 Å². The molecular weight excluding hydrogens is 575 g/mol. The summed E-state index contributed by atoms with van der Waals surface area (Å²) in [7, 11) is 2.08. The normalized spacial score (nSPS) is 17.8. The Kier molecular flexibility index (Phi) is 7.85. The van der Waals surface area contributed by atoms with Gasteiger partial charge in [0.25, 0.3) is 5.91 Å². The Morgan fingerprint density at radius 3 is 2.22 bits per heavy atom. The summed E-state index contributed by atoms with van der Waals surface area (Å²) in [5.41, 5.74) is 6.77. The second-order valence-electron chi connectivity index (χ2n) is 12.5. The topological polar surface area (TPSA) is 48.8 Å². The molecule has 4 aromatic carbocycles. The van der Waals surface area contributed by atoms with Gasteiger partial charge < -0.3 is 19.3 Å².